The van der Waals surface area contributed by atoms with Gasteiger partial charge in [0.25, 0.3) is 0 Å². The molecule has 6 nitrogen and oxygen atoms in total. The maximum Gasteiger partial charge on any atom is 0.408 e. The average molecular weight is 345 g/mol. The molecule has 0 bridgehead atoms. The standard InChI is InChI=1S/C13H17BrN2O4/c1-13(2,3)20-12(19)16-9(11(17)18)7-8-5-4-6-15-10(8)14/h4-6,9H,7H2,1-3H3,(H,16,19)(H,17,18). The van der Waals surface area contributed by atoms with Crippen LogP contribution in [0.5, 0.6) is 0 Å². The van der Waals surface area contributed by atoms with Crippen LogP contribution in [0.15, 0.2) is 22.9 Å². The smallest absolute Gasteiger partial charge is 0.408 e. The molecule has 1 amide bonds. The number of aromatic nitrogens is 1. The van der Waals surface area contributed by atoms with E-state index in [0.29, 0.717) is 10.2 Å². The maximum absolute atomic E-state index is 11.6. The molecule has 2 N–H and O–H groups in total. The van der Waals surface area contributed by atoms with Crippen molar-refractivity contribution in [3.8, 4) is 0 Å². The van der Waals surface area contributed by atoms with Gasteiger partial charge in [0.1, 0.15) is 16.2 Å². The molecule has 20 heavy (non-hydrogen) atoms. The number of carbonyl (C=O) groups excluding carboxylic acids is 1. The molecule has 0 saturated carbocycles. The lowest BCUT2D eigenvalue weighted by Gasteiger charge is -2.22. The zero-order valence-corrected chi connectivity index (χ0v) is 13.1. The number of alkyl carbamates (subject to hydrolysis) is 1. The Morgan fingerprint density at radius 1 is 1.50 bits per heavy atom. The van der Waals surface area contributed by atoms with Crippen molar-refractivity contribution in [2.24, 2.45) is 0 Å². The van der Waals surface area contributed by atoms with E-state index >= 15 is 0 Å². The summed E-state index contributed by atoms with van der Waals surface area (Å²) in [5, 5.41) is 11.5. The van der Waals surface area contributed by atoms with Crippen molar-refractivity contribution in [2.45, 2.75) is 38.8 Å². The van der Waals surface area contributed by atoms with Crippen molar-refractivity contribution in [3.63, 3.8) is 0 Å². The molecule has 1 atom stereocenters. The Labute approximate surface area is 125 Å². The molecule has 0 radical (unpaired) electrons. The van der Waals surface area contributed by atoms with Gasteiger partial charge in [-0.2, -0.15) is 0 Å². The largest absolute Gasteiger partial charge is 0.480 e. The number of hydrogen-bond acceptors (Lipinski definition) is 4. The predicted molar refractivity (Wildman–Crippen MR) is 76.4 cm³/mol. The molecule has 0 spiro atoms. The summed E-state index contributed by atoms with van der Waals surface area (Å²) >= 11 is 3.24. The van der Waals surface area contributed by atoms with Crippen molar-refractivity contribution in [2.75, 3.05) is 0 Å². The Balaban J connectivity index is 2.74. The molecule has 0 aromatic carbocycles. The number of nitrogens with zero attached hydrogens (tertiary/aromatic N) is 1. The third kappa shape index (κ3) is 5.56. The van der Waals surface area contributed by atoms with Crippen molar-refractivity contribution >= 4 is 28.0 Å². The van der Waals surface area contributed by atoms with E-state index < -0.39 is 23.7 Å². The highest BCUT2D eigenvalue weighted by atomic mass is 79.9. The van der Waals surface area contributed by atoms with Crippen LogP contribution in [0.4, 0.5) is 4.79 Å². The van der Waals surface area contributed by atoms with Crippen molar-refractivity contribution in [1.82, 2.24) is 10.3 Å². The number of ether oxygens (including phenoxy) is 1. The maximum atomic E-state index is 11.6. The zero-order chi connectivity index (χ0) is 15.3. The summed E-state index contributed by atoms with van der Waals surface area (Å²) in [7, 11) is 0. The van der Waals surface area contributed by atoms with E-state index in [2.05, 4.69) is 26.2 Å². The molecule has 7 heteroatoms. The first-order valence-electron chi connectivity index (χ1n) is 6.01. The average Bonchev–Trinajstić information content (AvgIpc) is 2.28. The van der Waals surface area contributed by atoms with Crippen LogP contribution in [0.1, 0.15) is 26.3 Å². The van der Waals surface area contributed by atoms with Crippen LogP contribution in [-0.2, 0) is 16.0 Å². The number of halogens is 1. The first-order chi connectivity index (χ1) is 9.19. The molecule has 0 fully saturated rings. The van der Waals surface area contributed by atoms with Crippen LogP contribution >= 0.6 is 15.9 Å². The van der Waals surface area contributed by atoms with E-state index in [4.69, 9.17) is 9.84 Å². The Morgan fingerprint density at radius 2 is 2.15 bits per heavy atom. The predicted octanol–water partition coefficient (Wildman–Crippen LogP) is 2.36. The minimum absolute atomic E-state index is 0.114. The van der Waals surface area contributed by atoms with Gasteiger partial charge < -0.3 is 15.2 Å². The molecule has 110 valence electrons. The Kier molecular flexibility index (Phi) is 5.50. The molecule has 1 aromatic heterocycles. The Hall–Kier alpha value is -1.63. The monoisotopic (exact) mass is 344 g/mol. The second kappa shape index (κ2) is 6.69. The van der Waals surface area contributed by atoms with Gasteiger partial charge in [-0.1, -0.05) is 6.07 Å². The van der Waals surface area contributed by atoms with E-state index in [-0.39, 0.29) is 6.42 Å². The number of amides is 1. The number of carbonyl (C=O) groups is 2. The highest BCUT2D eigenvalue weighted by Crippen LogP contribution is 2.15. The molecule has 0 aliphatic heterocycles. The third-order valence-electron chi connectivity index (χ3n) is 2.25. The number of nitrogens with one attached hydrogen (secondary N) is 1. The summed E-state index contributed by atoms with van der Waals surface area (Å²) in [6.45, 7) is 5.13. The van der Waals surface area contributed by atoms with Crippen molar-refractivity contribution in [1.29, 1.82) is 0 Å². The zero-order valence-electron chi connectivity index (χ0n) is 11.5. The van der Waals surface area contributed by atoms with Gasteiger partial charge in [0.15, 0.2) is 0 Å². The third-order valence-corrected chi connectivity index (χ3v) is 2.96. The molecular formula is C13H17BrN2O4. The van der Waals surface area contributed by atoms with Gasteiger partial charge in [-0.25, -0.2) is 14.6 Å². The minimum atomic E-state index is -1.13. The van der Waals surface area contributed by atoms with Gasteiger partial charge in [0.2, 0.25) is 0 Å². The molecule has 0 aliphatic carbocycles. The molecule has 0 saturated heterocycles. The summed E-state index contributed by atoms with van der Waals surface area (Å²) in [6.07, 6.45) is 0.943. The quantitative estimate of drug-likeness (QED) is 0.818. The fourth-order valence-electron chi connectivity index (χ4n) is 1.44. The first kappa shape index (κ1) is 16.4. The fourth-order valence-corrected chi connectivity index (χ4v) is 1.85. The Morgan fingerprint density at radius 3 is 2.65 bits per heavy atom. The summed E-state index contributed by atoms with van der Waals surface area (Å²) in [5.41, 5.74) is 0.0122. The highest BCUT2D eigenvalue weighted by Gasteiger charge is 2.24. The first-order valence-corrected chi connectivity index (χ1v) is 6.80. The van der Waals surface area contributed by atoms with E-state index in [1.165, 1.54) is 0 Å². The molecule has 0 aliphatic rings. The van der Waals surface area contributed by atoms with Crippen LogP contribution < -0.4 is 5.32 Å². The molecular weight excluding hydrogens is 328 g/mol. The molecule has 1 heterocycles. The van der Waals surface area contributed by atoms with E-state index in [1.54, 1.807) is 39.1 Å². The lowest BCUT2D eigenvalue weighted by Crippen LogP contribution is -2.44. The van der Waals surface area contributed by atoms with Crippen LogP contribution in [0, 0.1) is 0 Å². The minimum Gasteiger partial charge on any atom is -0.480 e. The summed E-state index contributed by atoms with van der Waals surface area (Å²) in [4.78, 5) is 26.8. The van der Waals surface area contributed by atoms with Crippen LogP contribution in [-0.4, -0.2) is 33.8 Å². The molecule has 1 aromatic rings. The lowest BCUT2D eigenvalue weighted by molar-refractivity contribution is -0.139. The van der Waals surface area contributed by atoms with Gasteiger partial charge in [-0.3, -0.25) is 0 Å². The number of carboxylic acid groups (broad SMARTS) is 1. The van der Waals surface area contributed by atoms with Crippen molar-refractivity contribution in [3.05, 3.63) is 28.5 Å². The normalized spacial score (nSPS) is 12.6. The van der Waals surface area contributed by atoms with Gasteiger partial charge in [-0.05, 0) is 48.3 Å². The number of rotatable bonds is 4. The van der Waals surface area contributed by atoms with Gasteiger partial charge in [0, 0.05) is 12.6 Å². The summed E-state index contributed by atoms with van der Waals surface area (Å²) < 4.78 is 5.60. The van der Waals surface area contributed by atoms with Crippen LogP contribution in [0.2, 0.25) is 0 Å². The van der Waals surface area contributed by atoms with E-state index in [9.17, 15) is 9.59 Å². The number of hydrogen-bond donors (Lipinski definition) is 2. The second-order valence-corrected chi connectivity index (χ2v) is 5.95. The second-order valence-electron chi connectivity index (χ2n) is 5.19. The van der Waals surface area contributed by atoms with E-state index in [1.807, 2.05) is 0 Å². The van der Waals surface area contributed by atoms with Gasteiger partial charge in [-0.15, -0.1) is 0 Å². The van der Waals surface area contributed by atoms with Gasteiger partial charge >= 0.3 is 12.1 Å². The van der Waals surface area contributed by atoms with Crippen LogP contribution in [0.25, 0.3) is 0 Å². The molecule has 1 rings (SSSR count). The van der Waals surface area contributed by atoms with Crippen molar-refractivity contribution < 1.29 is 19.4 Å². The Bertz CT molecular complexity index is 499. The van der Waals surface area contributed by atoms with Gasteiger partial charge in [0.05, 0.1) is 0 Å². The SMILES string of the molecule is CC(C)(C)OC(=O)NC(Cc1cccnc1Br)C(=O)O. The summed E-state index contributed by atoms with van der Waals surface area (Å²) in [5.74, 6) is -1.13. The number of aliphatic carboxylic acids is 1. The lowest BCUT2D eigenvalue weighted by atomic mass is 10.1. The topological polar surface area (TPSA) is 88.5 Å². The highest BCUT2D eigenvalue weighted by molar-refractivity contribution is 9.10. The molecule has 1 unspecified atom stereocenters. The van der Waals surface area contributed by atoms with Crippen LogP contribution in [0.3, 0.4) is 0 Å². The summed E-state index contributed by atoms with van der Waals surface area (Å²) in [6, 6.07) is 2.36. The number of carboxylic acids is 1. The fraction of sp³-hybridized carbons (Fsp3) is 0.462. The van der Waals surface area contributed by atoms with E-state index in [0.717, 1.165) is 0 Å². The number of pyridine rings is 1.